The molecular formula is C19H24N4O2. The van der Waals surface area contributed by atoms with Crippen LogP contribution in [0.2, 0.25) is 0 Å². The van der Waals surface area contributed by atoms with Crippen molar-refractivity contribution >= 4 is 11.9 Å². The third-order valence-corrected chi connectivity index (χ3v) is 5.16. The molecule has 1 aromatic carbocycles. The van der Waals surface area contributed by atoms with E-state index in [-0.39, 0.29) is 12.0 Å². The van der Waals surface area contributed by atoms with Crippen LogP contribution in [0.15, 0.2) is 36.7 Å². The second-order valence-electron chi connectivity index (χ2n) is 6.72. The Hall–Kier alpha value is -2.34. The molecule has 0 bridgehead atoms. The van der Waals surface area contributed by atoms with Gasteiger partial charge in [0, 0.05) is 45.6 Å². The summed E-state index contributed by atoms with van der Waals surface area (Å²) in [6, 6.07) is 8.31. The number of carbonyl (C=O) groups excluding carboxylic acids is 1. The van der Waals surface area contributed by atoms with Gasteiger partial charge in [-0.1, -0.05) is 24.3 Å². The molecular weight excluding hydrogens is 316 g/mol. The number of rotatable bonds is 3. The number of amides is 1. The Bertz CT molecular complexity index is 749. The molecule has 2 aromatic rings. The lowest BCUT2D eigenvalue weighted by molar-refractivity contribution is -0.135. The second kappa shape index (κ2) is 6.88. The molecule has 25 heavy (non-hydrogen) atoms. The molecule has 0 saturated carbocycles. The molecule has 6 heteroatoms. The minimum absolute atomic E-state index is 0.106. The number of aryl methyl sites for hydroxylation is 1. The van der Waals surface area contributed by atoms with E-state index in [9.17, 15) is 4.79 Å². The number of ether oxygens (including phenoxy) is 1. The topological polar surface area (TPSA) is 50.6 Å². The van der Waals surface area contributed by atoms with Crippen LogP contribution in [0.25, 0.3) is 0 Å². The first kappa shape index (κ1) is 16.1. The Morgan fingerprint density at radius 2 is 2.04 bits per heavy atom. The van der Waals surface area contributed by atoms with E-state index >= 15 is 0 Å². The molecule has 1 fully saturated rings. The summed E-state index contributed by atoms with van der Waals surface area (Å²) in [6.07, 6.45) is 5.02. The van der Waals surface area contributed by atoms with Crippen LogP contribution in [0.1, 0.15) is 23.7 Å². The quantitative estimate of drug-likeness (QED) is 0.855. The van der Waals surface area contributed by atoms with Crippen molar-refractivity contribution < 1.29 is 9.53 Å². The largest absolute Gasteiger partial charge is 0.373 e. The normalized spacial score (nSPS) is 20.4. The number of anilines is 1. The number of benzene rings is 1. The highest BCUT2D eigenvalue weighted by Gasteiger charge is 2.28. The maximum atomic E-state index is 12.7. The van der Waals surface area contributed by atoms with Gasteiger partial charge in [-0.15, -0.1) is 0 Å². The first-order chi connectivity index (χ1) is 12.2. The zero-order valence-corrected chi connectivity index (χ0v) is 14.6. The van der Waals surface area contributed by atoms with E-state index < -0.39 is 0 Å². The monoisotopic (exact) mass is 340 g/mol. The molecule has 1 atom stereocenters. The van der Waals surface area contributed by atoms with Crippen molar-refractivity contribution in [2.24, 2.45) is 7.05 Å². The number of aromatic nitrogens is 2. The second-order valence-corrected chi connectivity index (χ2v) is 6.72. The Morgan fingerprint density at radius 1 is 1.24 bits per heavy atom. The van der Waals surface area contributed by atoms with Gasteiger partial charge in [-0.3, -0.25) is 4.79 Å². The van der Waals surface area contributed by atoms with Gasteiger partial charge in [0.25, 0.3) is 0 Å². The fourth-order valence-corrected chi connectivity index (χ4v) is 3.75. The maximum Gasteiger partial charge on any atom is 0.225 e. The summed E-state index contributed by atoms with van der Waals surface area (Å²) in [7, 11) is 2.00. The number of fused-ring (bicyclic) bond motifs is 1. The summed E-state index contributed by atoms with van der Waals surface area (Å²) in [5.74, 6) is 1.15. The van der Waals surface area contributed by atoms with Gasteiger partial charge in [0.2, 0.25) is 11.9 Å². The van der Waals surface area contributed by atoms with Crippen molar-refractivity contribution in [3.63, 3.8) is 0 Å². The first-order valence-electron chi connectivity index (χ1n) is 8.92. The molecule has 0 spiro atoms. The lowest BCUT2D eigenvalue weighted by atomic mass is 9.95. The number of hydrogen-bond acceptors (Lipinski definition) is 4. The van der Waals surface area contributed by atoms with E-state index in [1.165, 1.54) is 11.1 Å². The van der Waals surface area contributed by atoms with Crippen molar-refractivity contribution in [1.82, 2.24) is 14.5 Å². The zero-order valence-electron chi connectivity index (χ0n) is 14.6. The van der Waals surface area contributed by atoms with Crippen LogP contribution in [-0.4, -0.2) is 53.1 Å². The molecule has 0 radical (unpaired) electrons. The van der Waals surface area contributed by atoms with Crippen LogP contribution in [0.3, 0.4) is 0 Å². The molecule has 1 amide bonds. The third kappa shape index (κ3) is 3.26. The van der Waals surface area contributed by atoms with Gasteiger partial charge in [-0.2, -0.15) is 0 Å². The van der Waals surface area contributed by atoms with Crippen molar-refractivity contribution in [2.45, 2.75) is 18.9 Å². The number of hydrogen-bond donors (Lipinski definition) is 0. The summed E-state index contributed by atoms with van der Waals surface area (Å²) < 4.78 is 7.91. The number of carbonyl (C=O) groups is 1. The third-order valence-electron chi connectivity index (χ3n) is 5.16. The molecule has 1 saturated heterocycles. The Balaban J connectivity index is 1.36. The standard InChI is InChI=1S/C19H24N4O2/c1-21-8-7-20-19(21)23-11-9-22(10-12-23)18(24)14-17-16-5-3-2-4-15(16)6-13-25-17/h2-5,7-8,17H,6,9-14H2,1H3/t17-/m0/s1. The fourth-order valence-electron chi connectivity index (χ4n) is 3.75. The molecule has 6 nitrogen and oxygen atoms in total. The highest BCUT2D eigenvalue weighted by atomic mass is 16.5. The SMILES string of the molecule is Cn1ccnc1N1CCN(C(=O)C[C@@H]2OCCc3ccccc32)CC1. The molecule has 4 rings (SSSR count). The van der Waals surface area contributed by atoms with Crippen LogP contribution in [0, 0.1) is 0 Å². The van der Waals surface area contributed by atoms with E-state index in [0.29, 0.717) is 13.0 Å². The molecule has 0 unspecified atom stereocenters. The predicted octanol–water partition coefficient (Wildman–Crippen LogP) is 1.77. The number of piperazine rings is 1. The first-order valence-corrected chi connectivity index (χ1v) is 8.92. The van der Waals surface area contributed by atoms with Gasteiger partial charge in [0.05, 0.1) is 19.1 Å². The van der Waals surface area contributed by atoms with E-state index in [0.717, 1.165) is 38.5 Å². The lowest BCUT2D eigenvalue weighted by Crippen LogP contribution is -2.49. The van der Waals surface area contributed by atoms with Gasteiger partial charge >= 0.3 is 0 Å². The van der Waals surface area contributed by atoms with Crippen molar-refractivity contribution in [3.05, 3.63) is 47.8 Å². The Labute approximate surface area is 148 Å². The molecule has 3 heterocycles. The van der Waals surface area contributed by atoms with Gasteiger partial charge in [0.15, 0.2) is 0 Å². The minimum atomic E-state index is -0.106. The predicted molar refractivity (Wildman–Crippen MR) is 95.5 cm³/mol. The fraction of sp³-hybridized carbons (Fsp3) is 0.474. The molecule has 2 aliphatic heterocycles. The average molecular weight is 340 g/mol. The van der Waals surface area contributed by atoms with E-state index in [1.807, 2.05) is 35.0 Å². The van der Waals surface area contributed by atoms with Crippen molar-refractivity contribution in [1.29, 1.82) is 0 Å². The van der Waals surface area contributed by atoms with E-state index in [2.05, 4.69) is 28.1 Å². The Kier molecular flexibility index (Phi) is 4.44. The number of imidazole rings is 1. The van der Waals surface area contributed by atoms with Gasteiger partial charge in [-0.25, -0.2) is 4.98 Å². The summed E-state index contributed by atoms with van der Waals surface area (Å²) in [6.45, 7) is 3.80. The van der Waals surface area contributed by atoms with Crippen molar-refractivity contribution in [3.8, 4) is 0 Å². The van der Waals surface area contributed by atoms with E-state index in [1.54, 1.807) is 0 Å². The summed E-state index contributed by atoms with van der Waals surface area (Å²) in [5.41, 5.74) is 2.49. The molecule has 0 N–H and O–H groups in total. The lowest BCUT2D eigenvalue weighted by Gasteiger charge is -2.36. The van der Waals surface area contributed by atoms with Gasteiger partial charge in [0.1, 0.15) is 0 Å². The van der Waals surface area contributed by atoms with Crippen LogP contribution in [0.5, 0.6) is 0 Å². The highest BCUT2D eigenvalue weighted by molar-refractivity contribution is 5.77. The molecule has 132 valence electrons. The Morgan fingerprint density at radius 3 is 2.80 bits per heavy atom. The zero-order chi connectivity index (χ0) is 17.2. The summed E-state index contributed by atoms with van der Waals surface area (Å²) in [5, 5.41) is 0. The average Bonchev–Trinajstić information content (AvgIpc) is 3.08. The molecule has 2 aliphatic rings. The van der Waals surface area contributed by atoms with Gasteiger partial charge < -0.3 is 19.1 Å². The smallest absolute Gasteiger partial charge is 0.225 e. The number of nitrogens with zero attached hydrogens (tertiary/aromatic N) is 4. The molecule has 0 aliphatic carbocycles. The van der Waals surface area contributed by atoms with Crippen LogP contribution in [0.4, 0.5) is 5.95 Å². The van der Waals surface area contributed by atoms with Crippen LogP contribution < -0.4 is 4.90 Å². The maximum absolute atomic E-state index is 12.7. The van der Waals surface area contributed by atoms with Crippen molar-refractivity contribution in [2.75, 3.05) is 37.7 Å². The molecule has 1 aromatic heterocycles. The van der Waals surface area contributed by atoms with Crippen LogP contribution >= 0.6 is 0 Å². The van der Waals surface area contributed by atoms with Gasteiger partial charge in [-0.05, 0) is 17.5 Å². The highest BCUT2D eigenvalue weighted by Crippen LogP contribution is 2.30. The summed E-state index contributed by atoms with van der Waals surface area (Å²) >= 11 is 0. The summed E-state index contributed by atoms with van der Waals surface area (Å²) in [4.78, 5) is 21.3. The van der Waals surface area contributed by atoms with E-state index in [4.69, 9.17) is 4.74 Å². The van der Waals surface area contributed by atoms with Crippen LogP contribution in [-0.2, 0) is 23.0 Å². The minimum Gasteiger partial charge on any atom is -0.373 e.